The van der Waals surface area contributed by atoms with E-state index in [1.165, 1.54) is 12.1 Å². The molecule has 1 heterocycles. The van der Waals surface area contributed by atoms with Crippen molar-refractivity contribution in [3.63, 3.8) is 0 Å². The summed E-state index contributed by atoms with van der Waals surface area (Å²) < 4.78 is 27.7. The Bertz CT molecular complexity index is 484. The summed E-state index contributed by atoms with van der Waals surface area (Å²) in [7, 11) is -1.76. The van der Waals surface area contributed by atoms with Crippen LogP contribution in [0.2, 0.25) is 0 Å². The fraction of sp³-hybridized carbons (Fsp3) is 0.333. The van der Waals surface area contributed by atoms with Crippen molar-refractivity contribution in [2.24, 2.45) is 5.14 Å². The van der Waals surface area contributed by atoms with E-state index in [2.05, 4.69) is 0 Å². The second kappa shape index (κ2) is 3.39. The number of ether oxygens (including phenoxy) is 1. The predicted molar refractivity (Wildman–Crippen MR) is 56.6 cm³/mol. The van der Waals surface area contributed by atoms with Gasteiger partial charge in [0.15, 0.2) is 0 Å². The van der Waals surface area contributed by atoms with Crippen LogP contribution >= 0.6 is 0 Å². The normalized spacial score (nSPS) is 15.7. The van der Waals surface area contributed by atoms with E-state index in [0.29, 0.717) is 12.4 Å². The first kappa shape index (κ1) is 10.3. The highest BCUT2D eigenvalue weighted by atomic mass is 32.2. The summed E-state index contributed by atoms with van der Waals surface area (Å²) in [5, 5.41) is 5.05. The number of nitrogens with two attached hydrogens (primary N) is 1. The molecular formula is C9H12N2O3S. The van der Waals surface area contributed by atoms with Crippen molar-refractivity contribution in [2.75, 3.05) is 25.1 Å². The Hall–Kier alpha value is -1.27. The van der Waals surface area contributed by atoms with Crippen molar-refractivity contribution < 1.29 is 13.2 Å². The zero-order valence-corrected chi connectivity index (χ0v) is 9.12. The number of rotatable bonds is 1. The van der Waals surface area contributed by atoms with Gasteiger partial charge in [-0.05, 0) is 18.2 Å². The number of likely N-dealkylation sites (N-methyl/N-ethyl adjacent to an activating group) is 1. The van der Waals surface area contributed by atoms with Crippen LogP contribution in [-0.2, 0) is 10.0 Å². The number of primary sulfonamides is 1. The van der Waals surface area contributed by atoms with E-state index < -0.39 is 10.0 Å². The lowest BCUT2D eigenvalue weighted by Gasteiger charge is -2.27. The quantitative estimate of drug-likeness (QED) is 0.743. The van der Waals surface area contributed by atoms with Gasteiger partial charge >= 0.3 is 0 Å². The van der Waals surface area contributed by atoms with Crippen LogP contribution in [-0.4, -0.2) is 28.6 Å². The molecule has 1 aromatic carbocycles. The first-order valence-electron chi connectivity index (χ1n) is 4.49. The minimum Gasteiger partial charge on any atom is -0.490 e. The van der Waals surface area contributed by atoms with Gasteiger partial charge in [0.2, 0.25) is 10.0 Å². The van der Waals surface area contributed by atoms with Gasteiger partial charge in [0.05, 0.1) is 17.1 Å². The fourth-order valence-corrected chi connectivity index (χ4v) is 2.04. The number of hydrogen-bond donors (Lipinski definition) is 1. The van der Waals surface area contributed by atoms with Crippen molar-refractivity contribution in [1.29, 1.82) is 0 Å². The van der Waals surface area contributed by atoms with Gasteiger partial charge in [0.25, 0.3) is 0 Å². The van der Waals surface area contributed by atoms with Gasteiger partial charge in [-0.25, -0.2) is 13.6 Å². The molecule has 0 unspecified atom stereocenters. The molecule has 15 heavy (non-hydrogen) atoms. The van der Waals surface area contributed by atoms with Crippen LogP contribution in [0.4, 0.5) is 5.69 Å². The van der Waals surface area contributed by atoms with E-state index in [0.717, 1.165) is 12.2 Å². The Labute approximate surface area is 88.5 Å². The molecule has 0 radical (unpaired) electrons. The Morgan fingerprint density at radius 3 is 2.87 bits per heavy atom. The van der Waals surface area contributed by atoms with Crippen molar-refractivity contribution in [3.05, 3.63) is 18.2 Å². The van der Waals surface area contributed by atoms with Crippen LogP contribution in [0.25, 0.3) is 0 Å². The Morgan fingerprint density at radius 2 is 2.20 bits per heavy atom. The number of benzene rings is 1. The Kier molecular flexibility index (Phi) is 2.32. The summed E-state index contributed by atoms with van der Waals surface area (Å²) in [6.07, 6.45) is 0. The summed E-state index contributed by atoms with van der Waals surface area (Å²) in [5.41, 5.74) is 0.757. The zero-order chi connectivity index (χ0) is 11.1. The molecule has 1 aromatic rings. The molecule has 0 atom stereocenters. The maximum absolute atomic E-state index is 11.1. The molecule has 0 fully saturated rings. The van der Waals surface area contributed by atoms with Crippen molar-refractivity contribution in [2.45, 2.75) is 4.90 Å². The number of hydrogen-bond acceptors (Lipinski definition) is 4. The smallest absolute Gasteiger partial charge is 0.238 e. The molecule has 6 heteroatoms. The third kappa shape index (κ3) is 1.91. The molecule has 0 saturated heterocycles. The topological polar surface area (TPSA) is 72.6 Å². The van der Waals surface area contributed by atoms with Gasteiger partial charge in [0, 0.05) is 7.05 Å². The van der Waals surface area contributed by atoms with E-state index in [9.17, 15) is 8.42 Å². The molecule has 0 bridgehead atoms. The molecule has 5 nitrogen and oxygen atoms in total. The molecule has 2 N–H and O–H groups in total. The second-order valence-corrected chi connectivity index (χ2v) is 5.01. The van der Waals surface area contributed by atoms with E-state index in [1.807, 2.05) is 11.9 Å². The average molecular weight is 228 g/mol. The summed E-state index contributed by atoms with van der Waals surface area (Å²) >= 11 is 0. The molecule has 0 aliphatic carbocycles. The molecule has 82 valence electrons. The minimum absolute atomic E-state index is 0.110. The lowest BCUT2D eigenvalue weighted by atomic mass is 10.2. The highest BCUT2D eigenvalue weighted by Gasteiger charge is 2.18. The lowest BCUT2D eigenvalue weighted by molar-refractivity contribution is 0.311. The monoisotopic (exact) mass is 228 g/mol. The van der Waals surface area contributed by atoms with Crippen molar-refractivity contribution in [1.82, 2.24) is 0 Å². The van der Waals surface area contributed by atoms with Crippen molar-refractivity contribution in [3.8, 4) is 5.75 Å². The van der Waals surface area contributed by atoms with Gasteiger partial charge in [0.1, 0.15) is 12.4 Å². The highest BCUT2D eigenvalue weighted by molar-refractivity contribution is 7.89. The van der Waals surface area contributed by atoms with Gasteiger partial charge in [-0.1, -0.05) is 0 Å². The van der Waals surface area contributed by atoms with Gasteiger partial charge < -0.3 is 9.64 Å². The number of sulfonamides is 1. The number of anilines is 1. The maximum Gasteiger partial charge on any atom is 0.238 e. The Morgan fingerprint density at radius 1 is 1.47 bits per heavy atom. The first-order valence-corrected chi connectivity index (χ1v) is 6.04. The predicted octanol–water partition coefficient (Wildman–Crippen LogP) is 0.163. The van der Waals surface area contributed by atoms with Crippen molar-refractivity contribution >= 4 is 15.7 Å². The zero-order valence-electron chi connectivity index (χ0n) is 8.30. The third-order valence-corrected chi connectivity index (χ3v) is 3.27. The van der Waals surface area contributed by atoms with E-state index in [1.54, 1.807) is 6.07 Å². The van der Waals surface area contributed by atoms with E-state index in [4.69, 9.17) is 9.88 Å². The van der Waals surface area contributed by atoms with Crippen LogP contribution in [0.1, 0.15) is 0 Å². The highest BCUT2D eigenvalue weighted by Crippen LogP contribution is 2.32. The molecule has 0 amide bonds. The van der Waals surface area contributed by atoms with E-state index in [-0.39, 0.29) is 4.90 Å². The second-order valence-electron chi connectivity index (χ2n) is 3.44. The van der Waals surface area contributed by atoms with Gasteiger partial charge in [-0.3, -0.25) is 0 Å². The fourth-order valence-electron chi connectivity index (χ4n) is 1.51. The standard InChI is InChI=1S/C9H12N2O3S/c1-11-4-5-14-9-3-2-7(6-8(9)11)15(10,12)13/h2-3,6H,4-5H2,1H3,(H2,10,12,13). The number of fused-ring (bicyclic) bond motifs is 1. The molecule has 0 aromatic heterocycles. The van der Waals surface area contributed by atoms with Gasteiger partial charge in [-0.15, -0.1) is 0 Å². The largest absolute Gasteiger partial charge is 0.490 e. The van der Waals surface area contributed by atoms with E-state index >= 15 is 0 Å². The third-order valence-electron chi connectivity index (χ3n) is 2.35. The van der Waals surface area contributed by atoms with Crippen LogP contribution < -0.4 is 14.8 Å². The molecule has 1 aliphatic rings. The minimum atomic E-state index is -3.64. The van der Waals surface area contributed by atoms with Crippen LogP contribution in [0.3, 0.4) is 0 Å². The lowest BCUT2D eigenvalue weighted by Crippen LogP contribution is -2.29. The first-order chi connectivity index (χ1) is 6.98. The Balaban J connectivity index is 2.53. The maximum atomic E-state index is 11.1. The summed E-state index contributed by atoms with van der Waals surface area (Å²) in [5.74, 6) is 0.691. The van der Waals surface area contributed by atoms with Gasteiger partial charge in [-0.2, -0.15) is 0 Å². The summed E-state index contributed by atoms with van der Waals surface area (Å²) in [4.78, 5) is 2.05. The molecular weight excluding hydrogens is 216 g/mol. The van der Waals surface area contributed by atoms with Crippen LogP contribution in [0, 0.1) is 0 Å². The summed E-state index contributed by atoms with van der Waals surface area (Å²) in [6.45, 7) is 1.35. The van der Waals surface area contributed by atoms with Crippen LogP contribution in [0.15, 0.2) is 23.1 Å². The van der Waals surface area contributed by atoms with Crippen LogP contribution in [0.5, 0.6) is 5.75 Å². The molecule has 2 rings (SSSR count). The molecule has 0 spiro atoms. The summed E-state index contributed by atoms with van der Waals surface area (Å²) in [6, 6.07) is 4.61. The SMILES string of the molecule is CN1CCOc2ccc(S(N)(=O)=O)cc21. The molecule has 1 aliphatic heterocycles. The number of nitrogens with zero attached hydrogens (tertiary/aromatic N) is 1. The average Bonchev–Trinajstić information content (AvgIpc) is 2.16. The molecule has 0 saturated carbocycles.